The number of nitrogens with zero attached hydrogens (tertiary/aromatic N) is 1. The van der Waals surface area contributed by atoms with E-state index in [-0.39, 0.29) is 0 Å². The van der Waals surface area contributed by atoms with Gasteiger partial charge in [-0.1, -0.05) is 0 Å². The molecule has 11 heteroatoms. The van der Waals surface area contributed by atoms with Gasteiger partial charge in [-0.05, 0) is 25.5 Å². The fourth-order valence-corrected chi connectivity index (χ4v) is 3.10. The first-order valence-corrected chi connectivity index (χ1v) is 7.42. The Morgan fingerprint density at radius 2 is 1.85 bits per heavy atom. The number of alkyl halides is 3. The van der Waals surface area contributed by atoms with E-state index in [1.54, 1.807) is 5.32 Å². The third kappa shape index (κ3) is 4.02. The number of likely N-dealkylation sites (tertiary alicyclic amines) is 1. The van der Waals surface area contributed by atoms with Gasteiger partial charge in [-0.15, -0.1) is 0 Å². The van der Waals surface area contributed by atoms with Crippen molar-refractivity contribution < 1.29 is 41.0 Å². The number of hydrogen-bond acceptors (Lipinski definition) is 2. The summed E-state index contributed by atoms with van der Waals surface area (Å²) in [5.74, 6) is -6.75. The summed E-state index contributed by atoms with van der Waals surface area (Å²) < 4.78 is 80.0. The van der Waals surface area contributed by atoms with Crippen LogP contribution in [0.5, 0.6) is 0 Å². The van der Waals surface area contributed by atoms with Crippen molar-refractivity contribution in [1.29, 1.82) is 0 Å². The van der Waals surface area contributed by atoms with Crippen LogP contribution < -0.4 is 5.32 Å². The first kappa shape index (κ1) is 19.9. The molecule has 1 aromatic rings. The van der Waals surface area contributed by atoms with Gasteiger partial charge in [0, 0.05) is 17.5 Å². The minimum atomic E-state index is -4.82. The Kier molecular flexibility index (Phi) is 5.38. The molecule has 2 N–H and O–H groups in total. The summed E-state index contributed by atoms with van der Waals surface area (Å²) in [6.07, 6.45) is -7.03. The highest BCUT2D eigenvalue weighted by atomic mass is 19.4. The van der Waals surface area contributed by atoms with Crippen LogP contribution in [-0.4, -0.2) is 46.8 Å². The molecule has 0 aromatic heterocycles. The third-order valence-electron chi connectivity index (χ3n) is 4.24. The van der Waals surface area contributed by atoms with Crippen molar-refractivity contribution in [2.45, 2.75) is 37.5 Å². The minimum absolute atomic E-state index is 0.290. The Labute approximate surface area is 143 Å². The van der Waals surface area contributed by atoms with E-state index < -0.39 is 72.2 Å². The lowest BCUT2D eigenvalue weighted by molar-refractivity contribution is -0.170. The molecule has 0 radical (unpaired) electrons. The lowest BCUT2D eigenvalue weighted by atomic mass is 9.81. The number of carbonyl (C=O) groups excluding carboxylic acids is 1. The lowest BCUT2D eigenvalue weighted by Crippen LogP contribution is -2.59. The van der Waals surface area contributed by atoms with E-state index in [1.165, 1.54) is 0 Å². The van der Waals surface area contributed by atoms with Crippen LogP contribution in [0.25, 0.3) is 0 Å². The van der Waals surface area contributed by atoms with Gasteiger partial charge in [0.05, 0.1) is 0 Å². The van der Waals surface area contributed by atoms with Crippen molar-refractivity contribution >= 4 is 12.0 Å². The smallest absolute Gasteiger partial charge is 0.406 e. The number of carbonyl (C=O) groups is 2. The van der Waals surface area contributed by atoms with Crippen LogP contribution in [0.1, 0.15) is 24.8 Å². The number of benzene rings is 1. The van der Waals surface area contributed by atoms with Crippen LogP contribution in [0.2, 0.25) is 0 Å². The molecular formula is C15H14F6N2O3. The van der Waals surface area contributed by atoms with E-state index >= 15 is 0 Å². The molecule has 144 valence electrons. The molecule has 0 bridgehead atoms. The van der Waals surface area contributed by atoms with E-state index in [9.17, 15) is 35.9 Å². The molecule has 3 atom stereocenters. The molecule has 1 aliphatic rings. The van der Waals surface area contributed by atoms with Gasteiger partial charge in [0.1, 0.15) is 18.4 Å². The lowest BCUT2D eigenvalue weighted by Gasteiger charge is -2.43. The monoisotopic (exact) mass is 384 g/mol. The SMILES string of the molecule is C[C@@H]1[C@H](c2c(F)ccc(F)c2F)C[C@H](NC(=O)O)C(=O)N1CC(F)(F)F. The van der Waals surface area contributed by atoms with E-state index in [4.69, 9.17) is 5.11 Å². The highest BCUT2D eigenvalue weighted by molar-refractivity contribution is 5.86. The van der Waals surface area contributed by atoms with Gasteiger partial charge in [0.15, 0.2) is 11.6 Å². The van der Waals surface area contributed by atoms with Crippen molar-refractivity contribution in [2.24, 2.45) is 0 Å². The normalized spacial score (nSPS) is 23.9. The van der Waals surface area contributed by atoms with Crippen LogP contribution in [-0.2, 0) is 4.79 Å². The summed E-state index contributed by atoms with van der Waals surface area (Å²) in [6, 6.07) is -1.86. The molecule has 0 saturated carbocycles. The summed E-state index contributed by atoms with van der Waals surface area (Å²) in [5.41, 5.74) is -0.825. The van der Waals surface area contributed by atoms with Crippen LogP contribution >= 0.6 is 0 Å². The molecule has 26 heavy (non-hydrogen) atoms. The van der Waals surface area contributed by atoms with E-state index in [0.717, 1.165) is 6.92 Å². The number of nitrogens with one attached hydrogen (secondary N) is 1. The maximum atomic E-state index is 14.1. The van der Waals surface area contributed by atoms with Gasteiger partial charge in [-0.2, -0.15) is 13.2 Å². The number of rotatable bonds is 3. The second-order valence-corrected chi connectivity index (χ2v) is 5.92. The topological polar surface area (TPSA) is 69.6 Å². The predicted molar refractivity (Wildman–Crippen MR) is 75.9 cm³/mol. The molecule has 0 spiro atoms. The highest BCUT2D eigenvalue weighted by Gasteiger charge is 2.46. The fraction of sp³-hybridized carbons (Fsp3) is 0.467. The van der Waals surface area contributed by atoms with Gasteiger partial charge in [0.2, 0.25) is 5.91 Å². The zero-order valence-corrected chi connectivity index (χ0v) is 13.3. The number of amides is 2. The molecule has 1 aromatic carbocycles. The average Bonchev–Trinajstić information content (AvgIpc) is 2.50. The molecular weight excluding hydrogens is 370 g/mol. The minimum Gasteiger partial charge on any atom is -0.465 e. The summed E-state index contributed by atoms with van der Waals surface area (Å²) in [5, 5.41) is 10.5. The Morgan fingerprint density at radius 1 is 1.27 bits per heavy atom. The van der Waals surface area contributed by atoms with E-state index in [1.807, 2.05) is 0 Å². The summed E-state index contributed by atoms with van der Waals surface area (Å²) >= 11 is 0. The van der Waals surface area contributed by atoms with Crippen molar-refractivity contribution in [3.63, 3.8) is 0 Å². The summed E-state index contributed by atoms with van der Waals surface area (Å²) in [4.78, 5) is 23.3. The Balaban J connectivity index is 2.50. The molecule has 1 saturated heterocycles. The van der Waals surface area contributed by atoms with E-state index in [2.05, 4.69) is 0 Å². The Hall–Kier alpha value is -2.46. The fourth-order valence-electron chi connectivity index (χ4n) is 3.10. The Morgan fingerprint density at radius 3 is 2.38 bits per heavy atom. The van der Waals surface area contributed by atoms with Crippen LogP contribution in [0, 0.1) is 17.5 Å². The molecule has 5 nitrogen and oxygen atoms in total. The quantitative estimate of drug-likeness (QED) is 0.622. The van der Waals surface area contributed by atoms with E-state index in [0.29, 0.717) is 17.0 Å². The van der Waals surface area contributed by atoms with Crippen molar-refractivity contribution in [3.8, 4) is 0 Å². The average molecular weight is 384 g/mol. The first-order valence-electron chi connectivity index (χ1n) is 7.42. The van der Waals surface area contributed by atoms with Crippen LogP contribution in [0.15, 0.2) is 12.1 Å². The standard InChI is InChI=1S/C15H14F6N2O3/c1-6-7(11-8(16)2-3-9(17)12(11)18)4-10(22-14(25)26)13(24)23(6)5-15(19,20)21/h2-3,6-7,10,22H,4-5H2,1H3,(H,25,26)/t6-,7-,10+/m1/s1. The highest BCUT2D eigenvalue weighted by Crippen LogP contribution is 2.38. The zero-order chi connectivity index (χ0) is 19.8. The van der Waals surface area contributed by atoms with Crippen molar-refractivity contribution in [3.05, 3.63) is 35.1 Å². The van der Waals surface area contributed by atoms with Crippen molar-refractivity contribution in [2.75, 3.05) is 6.54 Å². The number of hydrogen-bond donors (Lipinski definition) is 2. The van der Waals surface area contributed by atoms with Gasteiger partial charge in [-0.3, -0.25) is 4.79 Å². The second kappa shape index (κ2) is 7.04. The molecule has 1 aliphatic heterocycles. The second-order valence-electron chi connectivity index (χ2n) is 5.92. The Bertz CT molecular complexity index is 724. The van der Waals surface area contributed by atoms with Crippen molar-refractivity contribution in [1.82, 2.24) is 10.2 Å². The predicted octanol–water partition coefficient (Wildman–Crippen LogP) is 3.01. The van der Waals surface area contributed by atoms with Gasteiger partial charge in [0.25, 0.3) is 0 Å². The number of carboxylic acid groups (broad SMARTS) is 1. The molecule has 2 amide bonds. The van der Waals surface area contributed by atoms with Gasteiger partial charge < -0.3 is 15.3 Å². The summed E-state index contributed by atoms with van der Waals surface area (Å²) in [7, 11) is 0. The zero-order valence-electron chi connectivity index (χ0n) is 13.3. The van der Waals surface area contributed by atoms with Gasteiger partial charge >= 0.3 is 12.3 Å². The first-order chi connectivity index (χ1) is 11.9. The molecule has 0 aliphatic carbocycles. The number of halogens is 6. The van der Waals surface area contributed by atoms with Gasteiger partial charge in [-0.25, -0.2) is 18.0 Å². The molecule has 1 heterocycles. The molecule has 2 rings (SSSR count). The maximum absolute atomic E-state index is 14.1. The maximum Gasteiger partial charge on any atom is 0.406 e. The molecule has 0 unspecified atom stereocenters. The molecule has 1 fully saturated rings. The largest absolute Gasteiger partial charge is 0.465 e. The third-order valence-corrected chi connectivity index (χ3v) is 4.24. The van der Waals surface area contributed by atoms with Crippen LogP contribution in [0.3, 0.4) is 0 Å². The summed E-state index contributed by atoms with van der Waals surface area (Å²) in [6.45, 7) is -0.602. The van der Waals surface area contributed by atoms with Crippen LogP contribution in [0.4, 0.5) is 31.1 Å². The number of piperidine rings is 1.